The summed E-state index contributed by atoms with van der Waals surface area (Å²) in [5.74, 6) is 1.35. The lowest BCUT2D eigenvalue weighted by Crippen LogP contribution is -2.69. The molecule has 2 fully saturated rings. The van der Waals surface area contributed by atoms with Crippen LogP contribution in [0.1, 0.15) is 55.4 Å². The molecule has 2 bridgehead atoms. The van der Waals surface area contributed by atoms with E-state index in [-0.39, 0.29) is 42.4 Å². The summed E-state index contributed by atoms with van der Waals surface area (Å²) >= 11 is 12.5. The number of piperidine rings is 1. The number of benzene rings is 3. The van der Waals surface area contributed by atoms with Crippen LogP contribution in [0.3, 0.4) is 0 Å². The molecular weight excluding hydrogens is 647 g/mol. The van der Waals surface area contributed by atoms with Crippen molar-refractivity contribution in [1.82, 2.24) is 9.80 Å². The fourth-order valence-electron chi connectivity index (χ4n) is 9.19. The van der Waals surface area contributed by atoms with E-state index < -0.39 is 5.97 Å². The number of hydrogen-bond donors (Lipinski definition) is 0. The van der Waals surface area contributed by atoms with Crippen molar-refractivity contribution in [3.8, 4) is 11.5 Å². The number of rotatable bonds is 11. The van der Waals surface area contributed by atoms with E-state index in [2.05, 4.69) is 60.0 Å². The van der Waals surface area contributed by atoms with Crippen LogP contribution in [-0.4, -0.2) is 73.2 Å². The highest BCUT2D eigenvalue weighted by Gasteiger charge is 2.66. The van der Waals surface area contributed by atoms with Crippen LogP contribution in [-0.2, 0) is 39.0 Å². The normalized spacial score (nSPS) is 25.4. The van der Waals surface area contributed by atoms with Gasteiger partial charge >= 0.3 is 5.97 Å². The molecule has 3 aromatic carbocycles. The molecule has 254 valence electrons. The van der Waals surface area contributed by atoms with Crippen molar-refractivity contribution >= 4 is 35.1 Å². The summed E-state index contributed by atoms with van der Waals surface area (Å²) in [4.78, 5) is 31.7. The van der Waals surface area contributed by atoms with Gasteiger partial charge in [0.25, 0.3) is 0 Å². The first-order valence-corrected chi connectivity index (χ1v) is 18.0. The van der Waals surface area contributed by atoms with E-state index in [9.17, 15) is 9.59 Å². The van der Waals surface area contributed by atoms with Gasteiger partial charge in [-0.05, 0) is 85.4 Å². The number of likely N-dealkylation sites (tertiary alicyclic amines) is 1. The lowest BCUT2D eigenvalue weighted by atomic mass is 9.51. The molecule has 2 heterocycles. The lowest BCUT2D eigenvalue weighted by molar-refractivity contribution is -0.142. The Bertz CT molecular complexity index is 1680. The van der Waals surface area contributed by atoms with Crippen LogP contribution in [0.25, 0.3) is 0 Å². The van der Waals surface area contributed by atoms with Crippen molar-refractivity contribution < 1.29 is 23.8 Å². The SMILES string of the molecule is COCC(=O)Oc1ccc2c3c1OC1C(N(CC(C)C)C(=O)Cc4ccc(Cl)c(Cl)c4)CC[C@H]4[C@@H](C2)N(CCc2ccccc2)CC[C@]314. The number of esters is 1. The number of nitrogens with zero attached hydrogens (tertiary/aromatic N) is 2. The van der Waals surface area contributed by atoms with Gasteiger partial charge in [0, 0.05) is 37.2 Å². The van der Waals surface area contributed by atoms with Crippen molar-refractivity contribution in [3.63, 3.8) is 0 Å². The molecular formula is C39H44Cl2N2O5. The van der Waals surface area contributed by atoms with E-state index in [4.69, 9.17) is 37.4 Å². The van der Waals surface area contributed by atoms with Gasteiger partial charge in [0.05, 0.1) is 22.5 Å². The third-order valence-electron chi connectivity index (χ3n) is 11.0. The molecule has 9 heteroatoms. The van der Waals surface area contributed by atoms with E-state index >= 15 is 0 Å². The van der Waals surface area contributed by atoms with Crippen LogP contribution < -0.4 is 9.47 Å². The Kier molecular flexibility index (Phi) is 9.51. The molecule has 1 amide bonds. The van der Waals surface area contributed by atoms with Crippen LogP contribution in [0.5, 0.6) is 11.5 Å². The van der Waals surface area contributed by atoms with Crippen molar-refractivity contribution in [2.75, 3.05) is 33.4 Å². The Morgan fingerprint density at radius 2 is 1.85 bits per heavy atom. The van der Waals surface area contributed by atoms with Gasteiger partial charge in [0.15, 0.2) is 11.5 Å². The summed E-state index contributed by atoms with van der Waals surface area (Å²) in [7, 11) is 1.48. The van der Waals surface area contributed by atoms with E-state index in [1.54, 1.807) is 12.1 Å². The number of carbonyl (C=O) groups is 2. The van der Waals surface area contributed by atoms with Gasteiger partial charge in [-0.2, -0.15) is 0 Å². The zero-order valence-corrected chi connectivity index (χ0v) is 29.4. The van der Waals surface area contributed by atoms with Crippen molar-refractivity contribution in [2.24, 2.45) is 11.8 Å². The van der Waals surface area contributed by atoms with Gasteiger partial charge in [-0.3, -0.25) is 9.69 Å². The highest BCUT2D eigenvalue weighted by atomic mass is 35.5. The smallest absolute Gasteiger partial charge is 0.337 e. The average molecular weight is 692 g/mol. The third-order valence-corrected chi connectivity index (χ3v) is 11.8. The maximum Gasteiger partial charge on any atom is 0.337 e. The largest absolute Gasteiger partial charge is 0.483 e. The van der Waals surface area contributed by atoms with Crippen LogP contribution in [0, 0.1) is 11.8 Å². The first-order chi connectivity index (χ1) is 23.2. The molecule has 0 radical (unpaired) electrons. The second kappa shape index (κ2) is 13.7. The fourth-order valence-corrected chi connectivity index (χ4v) is 9.51. The molecule has 2 unspecified atom stereocenters. The minimum atomic E-state index is -0.458. The van der Waals surface area contributed by atoms with Gasteiger partial charge < -0.3 is 19.1 Å². The summed E-state index contributed by atoms with van der Waals surface area (Å²) in [6, 6.07) is 20.4. The van der Waals surface area contributed by atoms with Crippen LogP contribution in [0.15, 0.2) is 60.7 Å². The van der Waals surface area contributed by atoms with Gasteiger partial charge in [-0.1, -0.05) is 79.5 Å². The Balaban J connectivity index is 1.25. The van der Waals surface area contributed by atoms with E-state index in [0.29, 0.717) is 40.0 Å². The van der Waals surface area contributed by atoms with Crippen molar-refractivity contribution in [3.05, 3.63) is 93.0 Å². The van der Waals surface area contributed by atoms with E-state index in [1.807, 2.05) is 12.1 Å². The van der Waals surface area contributed by atoms with Gasteiger partial charge in [-0.25, -0.2) is 4.79 Å². The average Bonchev–Trinajstić information content (AvgIpc) is 3.41. The topological polar surface area (TPSA) is 68.3 Å². The number of carbonyl (C=O) groups excluding carboxylic acids is 2. The van der Waals surface area contributed by atoms with Crippen LogP contribution in [0.2, 0.25) is 10.0 Å². The Labute approximate surface area is 293 Å². The molecule has 1 saturated heterocycles. The molecule has 1 spiro atoms. The molecule has 4 aliphatic rings. The summed E-state index contributed by atoms with van der Waals surface area (Å²) in [5, 5.41) is 0.919. The molecule has 0 aromatic heterocycles. The highest BCUT2D eigenvalue weighted by Crippen LogP contribution is 2.64. The summed E-state index contributed by atoms with van der Waals surface area (Å²) in [6.45, 7) is 6.75. The van der Waals surface area contributed by atoms with Crippen molar-refractivity contribution in [2.45, 2.75) is 76.0 Å². The van der Waals surface area contributed by atoms with Gasteiger partial charge in [0.1, 0.15) is 12.7 Å². The molecule has 48 heavy (non-hydrogen) atoms. The molecule has 5 atom stereocenters. The summed E-state index contributed by atoms with van der Waals surface area (Å²) in [6.07, 6.45) is 4.70. The van der Waals surface area contributed by atoms with Gasteiger partial charge in [-0.15, -0.1) is 0 Å². The number of ether oxygens (including phenoxy) is 3. The highest BCUT2D eigenvalue weighted by molar-refractivity contribution is 6.42. The minimum absolute atomic E-state index is 0.0566. The number of amides is 1. The molecule has 3 aromatic rings. The van der Waals surface area contributed by atoms with E-state index in [1.165, 1.54) is 23.8 Å². The molecule has 2 aliphatic carbocycles. The summed E-state index contributed by atoms with van der Waals surface area (Å²) < 4.78 is 18.0. The van der Waals surface area contributed by atoms with Crippen molar-refractivity contribution in [1.29, 1.82) is 0 Å². The number of halogens is 2. The third kappa shape index (κ3) is 6.01. The molecule has 0 N–H and O–H groups in total. The maximum atomic E-state index is 14.3. The Morgan fingerprint density at radius 1 is 1.04 bits per heavy atom. The predicted octanol–water partition coefficient (Wildman–Crippen LogP) is 6.92. The fraction of sp³-hybridized carbons (Fsp3) is 0.487. The minimum Gasteiger partial charge on any atom is -0.483 e. The number of hydrogen-bond acceptors (Lipinski definition) is 6. The zero-order chi connectivity index (χ0) is 33.6. The predicted molar refractivity (Wildman–Crippen MR) is 187 cm³/mol. The lowest BCUT2D eigenvalue weighted by Gasteiger charge is -2.60. The maximum absolute atomic E-state index is 14.3. The molecule has 1 saturated carbocycles. The Hall–Kier alpha value is -3.10. The van der Waals surface area contributed by atoms with E-state index in [0.717, 1.165) is 50.8 Å². The standard InChI is InChI=1S/C39H44Cl2N2O5/c1-24(2)22-43(34(44)20-26-9-12-29(40)30(41)19-26)31-13-11-28-32-21-27-10-14-33(47-35(45)23-46-3)37-36(27)39(28,38(31)48-37)16-18-42(32)17-15-25-7-5-4-6-8-25/h4-10,12,14,19,24,28,31-32,38H,11,13,15-18,20-23H2,1-3H3/t28-,31?,32+,38?,39-/m0/s1. The van der Waals surface area contributed by atoms with Crippen LogP contribution in [0.4, 0.5) is 0 Å². The summed E-state index contributed by atoms with van der Waals surface area (Å²) in [5.41, 5.74) is 4.38. The monoisotopic (exact) mass is 690 g/mol. The Morgan fingerprint density at radius 3 is 2.60 bits per heavy atom. The zero-order valence-electron chi connectivity index (χ0n) is 27.9. The van der Waals surface area contributed by atoms with Gasteiger partial charge in [0.2, 0.25) is 5.91 Å². The molecule has 7 rings (SSSR count). The number of methoxy groups -OCH3 is 1. The quantitative estimate of drug-likeness (QED) is 0.161. The second-order valence-electron chi connectivity index (χ2n) is 14.3. The molecule has 7 nitrogen and oxygen atoms in total. The molecule has 2 aliphatic heterocycles. The second-order valence-corrected chi connectivity index (χ2v) is 15.1. The first-order valence-electron chi connectivity index (χ1n) is 17.2. The first kappa shape index (κ1) is 33.4. The van der Waals surface area contributed by atoms with Crippen LogP contribution >= 0.6 is 23.2 Å².